The third-order valence-corrected chi connectivity index (χ3v) is 4.83. The van der Waals surface area contributed by atoms with Crippen molar-refractivity contribution in [2.45, 2.75) is 32.2 Å². The van der Waals surface area contributed by atoms with E-state index in [9.17, 15) is 0 Å². The number of hydrogen-bond donors (Lipinski definition) is 1. The van der Waals surface area contributed by atoms with Crippen molar-refractivity contribution < 1.29 is 4.74 Å². The minimum Gasteiger partial charge on any atom is -0.493 e. The summed E-state index contributed by atoms with van der Waals surface area (Å²) in [5.41, 5.74) is 2.76. The van der Waals surface area contributed by atoms with Crippen LogP contribution in [0.15, 0.2) is 24.4 Å². The van der Waals surface area contributed by atoms with Gasteiger partial charge in [-0.25, -0.2) is 4.98 Å². The van der Waals surface area contributed by atoms with Crippen LogP contribution in [0.4, 0.5) is 0 Å². The van der Waals surface area contributed by atoms with E-state index in [4.69, 9.17) is 4.74 Å². The summed E-state index contributed by atoms with van der Waals surface area (Å²) in [6.45, 7) is 2.89. The smallest absolute Gasteiger partial charge is 0.122 e. The summed E-state index contributed by atoms with van der Waals surface area (Å²) in [5, 5.41) is 4.53. The summed E-state index contributed by atoms with van der Waals surface area (Å²) < 4.78 is 5.55. The van der Waals surface area contributed by atoms with Crippen molar-refractivity contribution in [1.29, 1.82) is 0 Å². The summed E-state index contributed by atoms with van der Waals surface area (Å²) in [4.78, 5) is 5.68. The lowest BCUT2D eigenvalue weighted by atomic mass is 10.0. The fourth-order valence-corrected chi connectivity index (χ4v) is 3.60. The highest BCUT2D eigenvalue weighted by Gasteiger charge is 2.14. The number of thiazole rings is 1. The first-order chi connectivity index (χ1) is 9.76. The molecule has 2 aromatic rings. The van der Waals surface area contributed by atoms with E-state index in [1.807, 2.05) is 13.2 Å². The molecule has 1 aliphatic heterocycles. The van der Waals surface area contributed by atoms with Crippen LogP contribution in [0.3, 0.4) is 0 Å². The number of fused-ring (bicyclic) bond motifs is 1. The van der Waals surface area contributed by atoms with Gasteiger partial charge < -0.3 is 10.1 Å². The Morgan fingerprint density at radius 3 is 3.10 bits per heavy atom. The molecule has 1 aromatic carbocycles. The molecule has 0 fully saturated rings. The Kier molecular flexibility index (Phi) is 4.03. The number of rotatable bonds is 5. The number of aromatic nitrogens is 1. The molecule has 0 radical (unpaired) electrons. The van der Waals surface area contributed by atoms with Gasteiger partial charge in [-0.15, -0.1) is 11.3 Å². The molecule has 1 aliphatic rings. The standard InChI is InChI=1S/C16H20N2OS/c1-11-18-10-16(20-11)14(17-2)5-3-12-4-6-15-13(9-12)7-8-19-15/h4,6,9-10,14,17H,3,5,7-8H2,1-2H3. The van der Waals surface area contributed by atoms with Gasteiger partial charge in [0.05, 0.1) is 11.6 Å². The Morgan fingerprint density at radius 1 is 1.45 bits per heavy atom. The quantitative estimate of drug-likeness (QED) is 0.917. The van der Waals surface area contributed by atoms with Crippen molar-refractivity contribution in [1.82, 2.24) is 10.3 Å². The van der Waals surface area contributed by atoms with E-state index in [-0.39, 0.29) is 0 Å². The number of nitrogens with zero attached hydrogens (tertiary/aromatic N) is 1. The third kappa shape index (κ3) is 2.86. The van der Waals surface area contributed by atoms with Crippen LogP contribution in [-0.4, -0.2) is 18.6 Å². The number of benzene rings is 1. The molecule has 1 atom stereocenters. The van der Waals surface area contributed by atoms with Crippen LogP contribution in [0, 0.1) is 6.92 Å². The van der Waals surface area contributed by atoms with Gasteiger partial charge in [-0.3, -0.25) is 0 Å². The molecule has 0 saturated heterocycles. The molecule has 0 bridgehead atoms. The van der Waals surface area contributed by atoms with Gasteiger partial charge >= 0.3 is 0 Å². The summed E-state index contributed by atoms with van der Waals surface area (Å²) in [5.74, 6) is 1.07. The highest BCUT2D eigenvalue weighted by Crippen LogP contribution is 2.28. The average Bonchev–Trinajstić information content (AvgIpc) is 3.08. The molecule has 2 heterocycles. The van der Waals surface area contributed by atoms with Crippen molar-refractivity contribution in [3.63, 3.8) is 0 Å². The molecule has 0 aliphatic carbocycles. The first-order valence-corrected chi connectivity index (χ1v) is 7.92. The lowest BCUT2D eigenvalue weighted by Crippen LogP contribution is -2.16. The predicted molar refractivity (Wildman–Crippen MR) is 82.6 cm³/mol. The molecular formula is C16H20N2OS. The molecule has 0 amide bonds. The van der Waals surface area contributed by atoms with Gasteiger partial charge in [0.25, 0.3) is 0 Å². The maximum absolute atomic E-state index is 5.55. The topological polar surface area (TPSA) is 34.1 Å². The first kappa shape index (κ1) is 13.6. The third-order valence-electron chi connectivity index (χ3n) is 3.81. The fourth-order valence-electron chi connectivity index (χ4n) is 2.67. The van der Waals surface area contributed by atoms with Crippen LogP contribution in [0.2, 0.25) is 0 Å². The van der Waals surface area contributed by atoms with E-state index in [0.29, 0.717) is 6.04 Å². The maximum atomic E-state index is 5.55. The van der Waals surface area contributed by atoms with Gasteiger partial charge in [0.15, 0.2) is 0 Å². The summed E-state index contributed by atoms with van der Waals surface area (Å²) in [6.07, 6.45) is 5.22. The monoisotopic (exact) mass is 288 g/mol. The second-order valence-corrected chi connectivity index (χ2v) is 6.47. The van der Waals surface area contributed by atoms with Crippen LogP contribution >= 0.6 is 11.3 Å². The summed E-state index contributed by atoms with van der Waals surface area (Å²) >= 11 is 1.78. The molecular weight excluding hydrogens is 268 g/mol. The van der Waals surface area contributed by atoms with Gasteiger partial charge in [0.2, 0.25) is 0 Å². The summed E-state index contributed by atoms with van der Waals surface area (Å²) in [6, 6.07) is 7.00. The molecule has 1 N–H and O–H groups in total. The lowest BCUT2D eigenvalue weighted by molar-refractivity contribution is 0.357. The second kappa shape index (κ2) is 5.94. The molecule has 106 valence electrons. The van der Waals surface area contributed by atoms with Gasteiger partial charge in [-0.1, -0.05) is 12.1 Å². The zero-order chi connectivity index (χ0) is 13.9. The minimum atomic E-state index is 0.394. The van der Waals surface area contributed by atoms with Crippen molar-refractivity contribution in [3.8, 4) is 5.75 Å². The van der Waals surface area contributed by atoms with E-state index in [0.717, 1.165) is 36.6 Å². The van der Waals surface area contributed by atoms with Crippen LogP contribution in [0.5, 0.6) is 5.75 Å². The highest BCUT2D eigenvalue weighted by atomic mass is 32.1. The van der Waals surface area contributed by atoms with Crippen LogP contribution in [0.25, 0.3) is 0 Å². The van der Waals surface area contributed by atoms with Crippen LogP contribution in [0.1, 0.15) is 33.5 Å². The van der Waals surface area contributed by atoms with E-state index >= 15 is 0 Å². The normalized spacial score (nSPS) is 14.9. The van der Waals surface area contributed by atoms with E-state index in [1.54, 1.807) is 11.3 Å². The zero-order valence-electron chi connectivity index (χ0n) is 12.0. The SMILES string of the molecule is CNC(CCc1ccc2c(c1)CCO2)c1cnc(C)s1. The lowest BCUT2D eigenvalue weighted by Gasteiger charge is -2.14. The fraction of sp³-hybridized carbons (Fsp3) is 0.438. The Morgan fingerprint density at radius 2 is 2.35 bits per heavy atom. The van der Waals surface area contributed by atoms with Crippen LogP contribution < -0.4 is 10.1 Å². The Bertz CT molecular complexity index is 594. The number of hydrogen-bond acceptors (Lipinski definition) is 4. The van der Waals surface area contributed by atoms with Gasteiger partial charge in [-0.05, 0) is 44.0 Å². The number of aryl methyl sites for hydroxylation is 2. The number of ether oxygens (including phenoxy) is 1. The van der Waals surface area contributed by atoms with Crippen molar-refractivity contribution in [2.75, 3.05) is 13.7 Å². The average molecular weight is 288 g/mol. The zero-order valence-corrected chi connectivity index (χ0v) is 12.8. The molecule has 0 spiro atoms. The Hall–Kier alpha value is -1.39. The van der Waals surface area contributed by atoms with Gasteiger partial charge in [0.1, 0.15) is 5.75 Å². The minimum absolute atomic E-state index is 0.394. The molecule has 20 heavy (non-hydrogen) atoms. The van der Waals surface area contributed by atoms with Crippen molar-refractivity contribution in [2.24, 2.45) is 0 Å². The largest absolute Gasteiger partial charge is 0.493 e. The number of nitrogens with one attached hydrogen (secondary N) is 1. The molecule has 3 nitrogen and oxygen atoms in total. The maximum Gasteiger partial charge on any atom is 0.122 e. The molecule has 1 unspecified atom stereocenters. The van der Waals surface area contributed by atoms with E-state index in [1.165, 1.54) is 16.0 Å². The van der Waals surface area contributed by atoms with E-state index < -0.39 is 0 Å². The summed E-state index contributed by atoms with van der Waals surface area (Å²) in [7, 11) is 2.02. The first-order valence-electron chi connectivity index (χ1n) is 7.10. The predicted octanol–water partition coefficient (Wildman–Crippen LogP) is 3.28. The second-order valence-electron chi connectivity index (χ2n) is 5.20. The van der Waals surface area contributed by atoms with Crippen molar-refractivity contribution in [3.05, 3.63) is 45.4 Å². The van der Waals surface area contributed by atoms with Gasteiger partial charge in [0, 0.05) is 23.5 Å². The molecule has 4 heteroatoms. The molecule has 1 aromatic heterocycles. The Balaban J connectivity index is 1.66. The molecule has 0 saturated carbocycles. The van der Waals surface area contributed by atoms with E-state index in [2.05, 4.69) is 35.4 Å². The van der Waals surface area contributed by atoms with Crippen molar-refractivity contribution >= 4 is 11.3 Å². The highest BCUT2D eigenvalue weighted by molar-refractivity contribution is 7.11. The van der Waals surface area contributed by atoms with Crippen LogP contribution in [-0.2, 0) is 12.8 Å². The Labute approximate surface area is 124 Å². The van der Waals surface area contributed by atoms with Gasteiger partial charge in [-0.2, -0.15) is 0 Å². The molecule has 3 rings (SSSR count).